The number of halogens is 1. The van der Waals surface area contributed by atoms with E-state index < -0.39 is 5.97 Å². The minimum atomic E-state index is -0.394. The molecule has 0 atom stereocenters. The van der Waals surface area contributed by atoms with E-state index in [4.69, 9.17) is 0 Å². The smallest absolute Gasteiger partial charge is 0.329 e. The summed E-state index contributed by atoms with van der Waals surface area (Å²) in [5.74, 6) is -0.394. The SMILES string of the molecule is Br.C=CC(=O)OC.CN(C)C. The van der Waals surface area contributed by atoms with Crippen LogP contribution >= 0.6 is 17.0 Å². The molecule has 0 saturated carbocycles. The number of carbonyl (C=O) groups excluding carboxylic acids is 1. The van der Waals surface area contributed by atoms with Crippen molar-refractivity contribution in [3.8, 4) is 0 Å². The monoisotopic (exact) mass is 225 g/mol. The zero-order valence-corrected chi connectivity index (χ0v) is 9.17. The normalized spacial score (nSPS) is 7.00. The van der Waals surface area contributed by atoms with Gasteiger partial charge in [0.25, 0.3) is 0 Å². The number of hydrogen-bond donors (Lipinski definition) is 0. The third-order valence-corrected chi connectivity index (χ3v) is 0.368. The van der Waals surface area contributed by atoms with Crippen molar-refractivity contribution < 1.29 is 9.53 Å². The van der Waals surface area contributed by atoms with Gasteiger partial charge in [0.05, 0.1) is 7.11 Å². The number of methoxy groups -OCH3 is 1. The minimum Gasteiger partial charge on any atom is -0.466 e. The summed E-state index contributed by atoms with van der Waals surface area (Å²) < 4.78 is 4.14. The quantitative estimate of drug-likeness (QED) is 0.495. The van der Waals surface area contributed by atoms with Crippen molar-refractivity contribution in [1.82, 2.24) is 4.90 Å². The van der Waals surface area contributed by atoms with E-state index in [0.717, 1.165) is 6.08 Å². The topological polar surface area (TPSA) is 29.5 Å². The Kier molecular flexibility index (Phi) is 19.0. The van der Waals surface area contributed by atoms with Crippen LogP contribution in [-0.2, 0) is 9.53 Å². The van der Waals surface area contributed by atoms with E-state index in [9.17, 15) is 4.79 Å². The lowest BCUT2D eigenvalue weighted by atomic mass is 10.7. The molecular weight excluding hydrogens is 210 g/mol. The number of esters is 1. The molecule has 0 spiro atoms. The van der Waals surface area contributed by atoms with Crippen molar-refractivity contribution in [3.05, 3.63) is 12.7 Å². The fraction of sp³-hybridized carbons (Fsp3) is 0.571. The van der Waals surface area contributed by atoms with E-state index in [0.29, 0.717) is 0 Å². The molecule has 0 amide bonds. The third-order valence-electron chi connectivity index (χ3n) is 0.368. The maximum atomic E-state index is 9.84. The number of hydrogen-bond acceptors (Lipinski definition) is 3. The van der Waals surface area contributed by atoms with Crippen molar-refractivity contribution in [2.45, 2.75) is 0 Å². The second-order valence-corrected chi connectivity index (χ2v) is 2.07. The van der Waals surface area contributed by atoms with Gasteiger partial charge in [-0.15, -0.1) is 17.0 Å². The number of rotatable bonds is 1. The second-order valence-electron chi connectivity index (χ2n) is 2.07. The molecule has 0 radical (unpaired) electrons. The van der Waals surface area contributed by atoms with Crippen LogP contribution < -0.4 is 0 Å². The molecule has 0 unspecified atom stereocenters. The van der Waals surface area contributed by atoms with E-state index in [1.54, 1.807) is 0 Å². The Labute approximate surface area is 78.8 Å². The van der Waals surface area contributed by atoms with Crippen LogP contribution in [0.2, 0.25) is 0 Å². The summed E-state index contributed by atoms with van der Waals surface area (Å²) >= 11 is 0. The molecule has 0 aliphatic carbocycles. The number of ether oxygens (including phenoxy) is 1. The predicted molar refractivity (Wildman–Crippen MR) is 52.1 cm³/mol. The van der Waals surface area contributed by atoms with Gasteiger partial charge in [-0.1, -0.05) is 6.58 Å². The first-order valence-electron chi connectivity index (χ1n) is 2.86. The van der Waals surface area contributed by atoms with Crippen molar-refractivity contribution >= 4 is 23.0 Å². The van der Waals surface area contributed by atoms with Crippen LogP contribution in [0.4, 0.5) is 0 Å². The highest BCUT2D eigenvalue weighted by Gasteiger charge is 1.81. The Hall–Kier alpha value is -0.350. The summed E-state index contributed by atoms with van der Waals surface area (Å²) in [5, 5.41) is 0. The molecule has 0 aliphatic heterocycles. The van der Waals surface area contributed by atoms with E-state index in [1.807, 2.05) is 26.0 Å². The molecule has 0 aromatic carbocycles. The zero-order chi connectivity index (χ0) is 8.57. The molecule has 4 heteroatoms. The van der Waals surface area contributed by atoms with E-state index in [2.05, 4.69) is 11.3 Å². The predicted octanol–water partition coefficient (Wildman–Crippen LogP) is 1.10. The fourth-order valence-electron chi connectivity index (χ4n) is 0.0833. The molecule has 0 bridgehead atoms. The van der Waals surface area contributed by atoms with Crippen molar-refractivity contribution in [2.75, 3.05) is 28.3 Å². The molecule has 0 saturated heterocycles. The van der Waals surface area contributed by atoms with Crippen LogP contribution in [0.5, 0.6) is 0 Å². The molecule has 0 rings (SSSR count). The third kappa shape index (κ3) is 42.4. The summed E-state index contributed by atoms with van der Waals surface area (Å²) in [7, 11) is 7.31. The van der Waals surface area contributed by atoms with Gasteiger partial charge in [-0.3, -0.25) is 0 Å². The molecule has 0 aromatic heterocycles. The minimum absolute atomic E-state index is 0. The lowest BCUT2D eigenvalue weighted by Crippen LogP contribution is -1.99. The Morgan fingerprint density at radius 1 is 1.45 bits per heavy atom. The largest absolute Gasteiger partial charge is 0.466 e. The van der Waals surface area contributed by atoms with Gasteiger partial charge in [0.15, 0.2) is 0 Å². The Morgan fingerprint density at radius 2 is 1.73 bits per heavy atom. The van der Waals surface area contributed by atoms with E-state index >= 15 is 0 Å². The van der Waals surface area contributed by atoms with Gasteiger partial charge in [-0.2, -0.15) is 0 Å². The van der Waals surface area contributed by atoms with Crippen molar-refractivity contribution in [1.29, 1.82) is 0 Å². The van der Waals surface area contributed by atoms with Crippen LogP contribution in [0.1, 0.15) is 0 Å². The molecule has 68 valence electrons. The molecule has 0 fully saturated rings. The van der Waals surface area contributed by atoms with Gasteiger partial charge in [0, 0.05) is 6.08 Å². The molecule has 0 aliphatic rings. The summed E-state index contributed by atoms with van der Waals surface area (Å²) in [6.45, 7) is 3.16. The summed E-state index contributed by atoms with van der Waals surface area (Å²) in [4.78, 5) is 11.8. The molecule has 11 heavy (non-hydrogen) atoms. The first kappa shape index (κ1) is 16.9. The summed E-state index contributed by atoms with van der Waals surface area (Å²) in [6, 6.07) is 0. The van der Waals surface area contributed by atoms with Crippen molar-refractivity contribution in [3.63, 3.8) is 0 Å². The molecular formula is C7H16BrNO2. The highest BCUT2D eigenvalue weighted by atomic mass is 79.9. The van der Waals surface area contributed by atoms with Crippen LogP contribution in [0.25, 0.3) is 0 Å². The summed E-state index contributed by atoms with van der Waals surface area (Å²) in [6.07, 6.45) is 1.11. The van der Waals surface area contributed by atoms with Gasteiger partial charge in [-0.25, -0.2) is 4.79 Å². The van der Waals surface area contributed by atoms with Crippen LogP contribution in [-0.4, -0.2) is 39.1 Å². The summed E-state index contributed by atoms with van der Waals surface area (Å²) in [5.41, 5.74) is 0. The molecule has 0 N–H and O–H groups in total. The Balaban J connectivity index is -0.000000114. The Bertz CT molecular complexity index is 102. The maximum absolute atomic E-state index is 9.84. The van der Waals surface area contributed by atoms with Crippen molar-refractivity contribution in [2.24, 2.45) is 0 Å². The van der Waals surface area contributed by atoms with Gasteiger partial charge >= 0.3 is 5.97 Å². The fourth-order valence-corrected chi connectivity index (χ4v) is 0.0833. The van der Waals surface area contributed by atoms with Gasteiger partial charge in [-0.05, 0) is 21.1 Å². The first-order chi connectivity index (χ1) is 4.54. The maximum Gasteiger partial charge on any atom is 0.329 e. The van der Waals surface area contributed by atoms with Crippen LogP contribution in [0.15, 0.2) is 12.7 Å². The number of carbonyl (C=O) groups is 1. The average Bonchev–Trinajstić information content (AvgIpc) is 1.85. The van der Waals surface area contributed by atoms with E-state index in [1.165, 1.54) is 7.11 Å². The highest BCUT2D eigenvalue weighted by molar-refractivity contribution is 8.93. The second kappa shape index (κ2) is 12.3. The molecule has 0 heterocycles. The Morgan fingerprint density at radius 3 is 1.73 bits per heavy atom. The highest BCUT2D eigenvalue weighted by Crippen LogP contribution is 1.67. The average molecular weight is 226 g/mol. The van der Waals surface area contributed by atoms with Gasteiger partial charge in [0.2, 0.25) is 0 Å². The zero-order valence-electron chi connectivity index (χ0n) is 7.46. The lowest BCUT2D eigenvalue weighted by molar-refractivity contribution is -0.134. The van der Waals surface area contributed by atoms with Crippen LogP contribution in [0, 0.1) is 0 Å². The lowest BCUT2D eigenvalue weighted by Gasteiger charge is -1.90. The molecule has 0 aromatic rings. The first-order valence-corrected chi connectivity index (χ1v) is 2.86. The standard InChI is InChI=1S/C4H6O2.C3H9N.BrH/c1-3-4(5)6-2;1-4(2)3;/h3H,1H2,2H3;1-3H3;1H. The van der Waals surface area contributed by atoms with Gasteiger partial charge < -0.3 is 9.64 Å². The van der Waals surface area contributed by atoms with Crippen LogP contribution in [0.3, 0.4) is 0 Å². The van der Waals surface area contributed by atoms with Gasteiger partial charge in [0.1, 0.15) is 0 Å². The number of nitrogens with zero attached hydrogens (tertiary/aromatic N) is 1. The molecule has 3 nitrogen and oxygen atoms in total. The van der Waals surface area contributed by atoms with E-state index in [-0.39, 0.29) is 17.0 Å².